The standard InChI is InChI=1S/C22H18N2OS.BrH/c1-25-19-14-12-16(13-15-19)20-21(17-8-4-2-5-9-17)26-22(24-20)23-18-10-6-3-7-11-18;/h2-15H,1H3,(H,23,24);1H/p-1. The van der Waals surface area contributed by atoms with Crippen molar-refractivity contribution in [2.45, 2.75) is 0 Å². The van der Waals surface area contributed by atoms with Crippen LogP contribution in [0.2, 0.25) is 0 Å². The second kappa shape index (κ2) is 8.84. The lowest BCUT2D eigenvalue weighted by Crippen LogP contribution is -3.00. The van der Waals surface area contributed by atoms with Crippen molar-refractivity contribution in [3.8, 4) is 27.4 Å². The predicted molar refractivity (Wildman–Crippen MR) is 109 cm³/mol. The first-order valence-corrected chi connectivity index (χ1v) is 9.18. The minimum Gasteiger partial charge on any atom is -1.00 e. The Morgan fingerprint density at radius 1 is 0.778 bits per heavy atom. The van der Waals surface area contributed by atoms with Gasteiger partial charge in [0.15, 0.2) is 5.13 Å². The number of thiazole rings is 1. The maximum atomic E-state index is 5.27. The molecule has 0 aliphatic heterocycles. The van der Waals surface area contributed by atoms with E-state index in [1.54, 1.807) is 18.4 Å². The van der Waals surface area contributed by atoms with E-state index < -0.39 is 0 Å². The first kappa shape index (κ1) is 19.1. The van der Waals surface area contributed by atoms with E-state index in [0.29, 0.717) is 0 Å². The molecule has 27 heavy (non-hydrogen) atoms. The molecule has 4 rings (SSSR count). The third kappa shape index (κ3) is 4.38. The van der Waals surface area contributed by atoms with Crippen molar-refractivity contribution in [2.24, 2.45) is 0 Å². The molecule has 4 aromatic rings. The summed E-state index contributed by atoms with van der Waals surface area (Å²) in [5.74, 6) is 0.841. The van der Waals surface area contributed by atoms with Gasteiger partial charge in [0.05, 0.1) is 17.7 Å². The van der Waals surface area contributed by atoms with Crippen LogP contribution in [0.5, 0.6) is 5.75 Å². The molecule has 0 spiro atoms. The zero-order valence-electron chi connectivity index (χ0n) is 14.7. The summed E-state index contributed by atoms with van der Waals surface area (Å²) in [6.07, 6.45) is 0. The molecular weight excluding hydrogens is 420 g/mol. The van der Waals surface area contributed by atoms with Crippen molar-refractivity contribution in [3.63, 3.8) is 0 Å². The molecule has 3 nitrogen and oxygen atoms in total. The Morgan fingerprint density at radius 3 is 2.04 bits per heavy atom. The summed E-state index contributed by atoms with van der Waals surface area (Å²) in [5.41, 5.74) is 4.24. The minimum absolute atomic E-state index is 0. The molecule has 0 saturated heterocycles. The van der Waals surface area contributed by atoms with Crippen LogP contribution in [-0.4, -0.2) is 12.1 Å². The van der Waals surface area contributed by atoms with E-state index in [2.05, 4.69) is 29.6 Å². The molecule has 136 valence electrons. The van der Waals surface area contributed by atoms with E-state index in [1.807, 2.05) is 60.7 Å². The molecule has 0 aliphatic carbocycles. The first-order chi connectivity index (χ1) is 12.8. The first-order valence-electron chi connectivity index (χ1n) is 8.36. The summed E-state index contributed by atoms with van der Waals surface area (Å²) in [7, 11) is 1.68. The highest BCUT2D eigenvalue weighted by molar-refractivity contribution is 7.19. The molecule has 0 saturated carbocycles. The summed E-state index contributed by atoms with van der Waals surface area (Å²) in [6, 6.07) is 28.5. The third-order valence-corrected chi connectivity index (χ3v) is 5.07. The molecule has 1 aromatic heterocycles. The molecule has 3 aromatic carbocycles. The van der Waals surface area contributed by atoms with Crippen LogP contribution in [-0.2, 0) is 0 Å². The Bertz CT molecular complexity index is 986. The number of nitrogens with zero attached hydrogens (tertiary/aromatic N) is 1. The van der Waals surface area contributed by atoms with Crippen molar-refractivity contribution in [2.75, 3.05) is 12.4 Å². The predicted octanol–water partition coefficient (Wildman–Crippen LogP) is 3.23. The van der Waals surface area contributed by atoms with Crippen LogP contribution in [0.4, 0.5) is 10.8 Å². The largest absolute Gasteiger partial charge is 1.00 e. The van der Waals surface area contributed by atoms with E-state index in [0.717, 1.165) is 38.3 Å². The number of nitrogens with one attached hydrogen (secondary N) is 1. The molecule has 0 fully saturated rings. The highest BCUT2D eigenvalue weighted by atomic mass is 79.9. The van der Waals surface area contributed by atoms with E-state index in [-0.39, 0.29) is 17.0 Å². The number of halogens is 1. The van der Waals surface area contributed by atoms with Crippen LogP contribution in [0.3, 0.4) is 0 Å². The summed E-state index contributed by atoms with van der Waals surface area (Å²) in [6.45, 7) is 0. The molecule has 0 radical (unpaired) electrons. The average molecular weight is 438 g/mol. The number of hydrogen-bond acceptors (Lipinski definition) is 4. The van der Waals surface area contributed by atoms with Crippen molar-refractivity contribution >= 4 is 22.2 Å². The average Bonchev–Trinajstić information content (AvgIpc) is 3.13. The van der Waals surface area contributed by atoms with Crippen LogP contribution < -0.4 is 27.0 Å². The summed E-state index contributed by atoms with van der Waals surface area (Å²) >= 11 is 1.66. The van der Waals surface area contributed by atoms with Gasteiger partial charge in [-0.15, -0.1) is 0 Å². The van der Waals surface area contributed by atoms with Crippen LogP contribution in [0.25, 0.3) is 21.7 Å². The molecule has 1 heterocycles. The van der Waals surface area contributed by atoms with Crippen LogP contribution in [0.15, 0.2) is 84.9 Å². The number of methoxy groups -OCH3 is 1. The maximum Gasteiger partial charge on any atom is 0.188 e. The normalized spacial score (nSPS) is 10.1. The van der Waals surface area contributed by atoms with Gasteiger partial charge >= 0.3 is 0 Å². The van der Waals surface area contributed by atoms with Gasteiger partial charge in [-0.05, 0) is 42.0 Å². The van der Waals surface area contributed by atoms with Crippen molar-refractivity contribution in [3.05, 3.63) is 84.9 Å². The fourth-order valence-electron chi connectivity index (χ4n) is 2.75. The van der Waals surface area contributed by atoms with E-state index in [1.165, 1.54) is 0 Å². The highest BCUT2D eigenvalue weighted by Crippen LogP contribution is 2.40. The molecule has 0 aliphatic rings. The lowest BCUT2D eigenvalue weighted by atomic mass is 10.1. The lowest BCUT2D eigenvalue weighted by Gasteiger charge is -2.04. The number of anilines is 2. The quantitative estimate of drug-likeness (QED) is 0.520. The number of aromatic nitrogens is 1. The fraction of sp³-hybridized carbons (Fsp3) is 0.0455. The lowest BCUT2D eigenvalue weighted by molar-refractivity contribution is -0.00000533. The maximum absolute atomic E-state index is 5.27. The summed E-state index contributed by atoms with van der Waals surface area (Å²) in [5, 5.41) is 4.29. The Hall–Kier alpha value is -2.63. The summed E-state index contributed by atoms with van der Waals surface area (Å²) in [4.78, 5) is 6.02. The van der Waals surface area contributed by atoms with Gasteiger partial charge in [0, 0.05) is 11.3 Å². The third-order valence-electron chi connectivity index (χ3n) is 4.05. The number of rotatable bonds is 5. The topological polar surface area (TPSA) is 34.1 Å². The number of para-hydroxylation sites is 1. The van der Waals surface area contributed by atoms with Gasteiger partial charge in [-0.3, -0.25) is 0 Å². The summed E-state index contributed by atoms with van der Waals surface area (Å²) < 4.78 is 5.27. The van der Waals surface area contributed by atoms with Gasteiger partial charge in [0.2, 0.25) is 0 Å². The van der Waals surface area contributed by atoms with Crippen molar-refractivity contribution in [1.82, 2.24) is 4.98 Å². The molecule has 0 bridgehead atoms. The van der Waals surface area contributed by atoms with Crippen LogP contribution >= 0.6 is 11.3 Å². The molecule has 0 unspecified atom stereocenters. The molecule has 0 amide bonds. The van der Waals surface area contributed by atoms with Gasteiger partial charge in [-0.2, -0.15) is 0 Å². The van der Waals surface area contributed by atoms with Gasteiger partial charge in [0.25, 0.3) is 0 Å². The second-order valence-electron chi connectivity index (χ2n) is 5.78. The van der Waals surface area contributed by atoms with E-state index >= 15 is 0 Å². The zero-order valence-corrected chi connectivity index (χ0v) is 17.1. The monoisotopic (exact) mass is 437 g/mol. The van der Waals surface area contributed by atoms with Gasteiger partial charge < -0.3 is 27.0 Å². The Morgan fingerprint density at radius 2 is 1.41 bits per heavy atom. The van der Waals surface area contributed by atoms with Gasteiger partial charge in [-0.25, -0.2) is 4.98 Å². The molecule has 0 atom stereocenters. The van der Waals surface area contributed by atoms with Crippen molar-refractivity contribution < 1.29 is 21.7 Å². The Labute approximate surface area is 173 Å². The molecular formula is C22H18BrN2OS-. The minimum atomic E-state index is 0. The number of ether oxygens (including phenoxy) is 1. The molecule has 5 heteroatoms. The Balaban J connectivity index is 0.00000210. The Kier molecular flexibility index (Phi) is 6.27. The number of benzene rings is 3. The van der Waals surface area contributed by atoms with Crippen LogP contribution in [0.1, 0.15) is 0 Å². The van der Waals surface area contributed by atoms with E-state index in [9.17, 15) is 0 Å². The smallest absolute Gasteiger partial charge is 0.188 e. The second-order valence-corrected chi connectivity index (χ2v) is 6.78. The zero-order chi connectivity index (χ0) is 17.8. The van der Waals surface area contributed by atoms with Gasteiger partial charge in [-0.1, -0.05) is 59.9 Å². The van der Waals surface area contributed by atoms with Crippen molar-refractivity contribution in [1.29, 1.82) is 0 Å². The SMILES string of the molecule is COc1ccc(-c2nc(Nc3ccccc3)sc2-c2ccccc2)cc1.[Br-]. The highest BCUT2D eigenvalue weighted by Gasteiger charge is 2.15. The number of hydrogen-bond donors (Lipinski definition) is 1. The fourth-order valence-corrected chi connectivity index (χ4v) is 3.76. The van der Waals surface area contributed by atoms with Crippen LogP contribution in [0, 0.1) is 0 Å². The van der Waals surface area contributed by atoms with Gasteiger partial charge in [0.1, 0.15) is 5.75 Å². The van der Waals surface area contributed by atoms with E-state index in [4.69, 9.17) is 9.72 Å². The molecule has 1 N–H and O–H groups in total.